The molecule has 0 unspecified atom stereocenters. The summed E-state index contributed by atoms with van der Waals surface area (Å²) in [5.41, 5.74) is 7.51. The molecule has 0 aliphatic carbocycles. The Kier molecular flexibility index (Phi) is 7.58. The van der Waals surface area contributed by atoms with Crippen LogP contribution in [-0.4, -0.2) is 24.4 Å². The molecule has 8 heteroatoms. The van der Waals surface area contributed by atoms with Gasteiger partial charge in [-0.2, -0.15) is 14.6 Å². The van der Waals surface area contributed by atoms with Crippen molar-refractivity contribution in [3.8, 4) is 34.1 Å². The summed E-state index contributed by atoms with van der Waals surface area (Å²) in [5.74, 6) is 1.36. The van der Waals surface area contributed by atoms with Gasteiger partial charge in [-0.1, -0.05) is 105 Å². The molecule has 7 aromatic rings. The maximum atomic E-state index is 13.6. The van der Waals surface area contributed by atoms with Crippen molar-refractivity contribution in [2.45, 2.75) is 39.7 Å². The number of hydrogen-bond acceptors (Lipinski definition) is 6. The van der Waals surface area contributed by atoms with E-state index in [9.17, 15) is 4.79 Å². The lowest BCUT2D eigenvalue weighted by molar-refractivity contribution is 0.304. The molecule has 0 spiro atoms. The highest BCUT2D eigenvalue weighted by Crippen LogP contribution is 2.30. The number of hydrogen-bond donors (Lipinski definition) is 0. The molecule has 0 amide bonds. The van der Waals surface area contributed by atoms with E-state index in [1.807, 2.05) is 96.7 Å². The van der Waals surface area contributed by atoms with Crippen LogP contribution in [0.3, 0.4) is 0 Å². The molecule has 0 aliphatic heterocycles. The second-order valence-corrected chi connectivity index (χ2v) is 13.3. The highest BCUT2D eigenvalue weighted by molar-refractivity contribution is 7.15. The molecule has 4 aromatic carbocycles. The number of aromatic nitrogens is 5. The number of nitrogens with zero attached hydrogens (tertiary/aromatic N) is 5. The number of benzene rings is 4. The maximum Gasteiger partial charge on any atom is 0.291 e. The molecule has 46 heavy (non-hydrogen) atoms. The molecule has 0 aliphatic rings. The first-order chi connectivity index (χ1) is 22.2. The zero-order valence-electron chi connectivity index (χ0n) is 26.1. The standard InChI is InChI=1S/C38H33N5O2S/c1-25-21-28(17-20-32(25)45-24-26-11-7-5-8-12-26)34-29(23-42(40-34)31-13-9-6-10-14-31)22-33-36(44)43-37(46-33)39-35(41-43)27-15-18-30(19-16-27)38(2,3)4/h5-23H,24H2,1-4H3/b33-22-. The summed E-state index contributed by atoms with van der Waals surface area (Å²) in [5, 5.41) is 9.55. The van der Waals surface area contributed by atoms with Gasteiger partial charge in [0.1, 0.15) is 18.1 Å². The summed E-state index contributed by atoms with van der Waals surface area (Å²) in [6.07, 6.45) is 3.84. The van der Waals surface area contributed by atoms with Crippen LogP contribution >= 0.6 is 11.3 Å². The van der Waals surface area contributed by atoms with Crippen LogP contribution in [0.5, 0.6) is 5.75 Å². The van der Waals surface area contributed by atoms with E-state index < -0.39 is 0 Å². The van der Waals surface area contributed by atoms with Crippen molar-refractivity contribution < 1.29 is 4.74 Å². The zero-order chi connectivity index (χ0) is 31.8. The number of fused-ring (bicyclic) bond motifs is 1. The number of thiazole rings is 1. The minimum atomic E-state index is -0.204. The van der Waals surface area contributed by atoms with Gasteiger partial charge in [0, 0.05) is 22.9 Å². The van der Waals surface area contributed by atoms with E-state index in [0.717, 1.165) is 44.9 Å². The van der Waals surface area contributed by atoms with Gasteiger partial charge in [-0.3, -0.25) is 4.79 Å². The number of para-hydroxylation sites is 1. The lowest BCUT2D eigenvalue weighted by Crippen LogP contribution is -2.23. The average molecular weight is 624 g/mol. The fraction of sp³-hybridized carbons (Fsp3) is 0.158. The summed E-state index contributed by atoms with van der Waals surface area (Å²) in [7, 11) is 0. The van der Waals surface area contributed by atoms with Gasteiger partial charge in [-0.15, -0.1) is 5.10 Å². The van der Waals surface area contributed by atoms with E-state index >= 15 is 0 Å². The van der Waals surface area contributed by atoms with Gasteiger partial charge in [0.25, 0.3) is 5.56 Å². The second kappa shape index (κ2) is 11.9. The van der Waals surface area contributed by atoms with E-state index in [-0.39, 0.29) is 11.0 Å². The van der Waals surface area contributed by atoms with E-state index in [1.165, 1.54) is 21.4 Å². The van der Waals surface area contributed by atoms with Crippen LogP contribution in [0.2, 0.25) is 0 Å². The predicted molar refractivity (Wildman–Crippen MR) is 185 cm³/mol. The maximum absolute atomic E-state index is 13.6. The minimum absolute atomic E-state index is 0.0531. The summed E-state index contributed by atoms with van der Waals surface area (Å²) in [6.45, 7) is 9.07. The first-order valence-electron chi connectivity index (χ1n) is 15.2. The Bertz CT molecular complexity index is 2260. The van der Waals surface area contributed by atoms with Crippen molar-refractivity contribution >= 4 is 22.4 Å². The molecule has 0 radical (unpaired) electrons. The lowest BCUT2D eigenvalue weighted by atomic mass is 9.87. The molecule has 0 atom stereocenters. The van der Waals surface area contributed by atoms with Crippen LogP contribution < -0.4 is 14.8 Å². The molecule has 3 heterocycles. The molecular weight excluding hydrogens is 591 g/mol. The Labute approximate surface area is 271 Å². The molecular formula is C38H33N5O2S. The molecule has 0 bridgehead atoms. The van der Waals surface area contributed by atoms with Crippen molar-refractivity contribution in [2.75, 3.05) is 0 Å². The topological polar surface area (TPSA) is 74.3 Å². The SMILES string of the molecule is Cc1cc(-c2nn(-c3ccccc3)cc2/C=c2\sc3nc(-c4ccc(C(C)(C)C)cc4)nn3c2=O)ccc1OCc1ccccc1. The van der Waals surface area contributed by atoms with Gasteiger partial charge < -0.3 is 4.74 Å². The van der Waals surface area contributed by atoms with Crippen molar-refractivity contribution in [1.29, 1.82) is 0 Å². The molecule has 0 saturated carbocycles. The van der Waals surface area contributed by atoms with Crippen LogP contribution in [0.4, 0.5) is 0 Å². The zero-order valence-corrected chi connectivity index (χ0v) is 27.0. The smallest absolute Gasteiger partial charge is 0.291 e. The van der Waals surface area contributed by atoms with Crippen LogP contribution in [0.25, 0.3) is 39.4 Å². The van der Waals surface area contributed by atoms with Crippen molar-refractivity contribution in [3.63, 3.8) is 0 Å². The molecule has 7 rings (SSSR count). The molecule has 0 N–H and O–H groups in total. The molecule has 0 saturated heterocycles. The monoisotopic (exact) mass is 623 g/mol. The van der Waals surface area contributed by atoms with Crippen LogP contribution in [0, 0.1) is 6.92 Å². The number of aryl methyl sites for hydroxylation is 1. The molecule has 0 fully saturated rings. The minimum Gasteiger partial charge on any atom is -0.489 e. The van der Waals surface area contributed by atoms with Crippen LogP contribution in [-0.2, 0) is 12.0 Å². The van der Waals surface area contributed by atoms with E-state index in [0.29, 0.717) is 21.9 Å². The van der Waals surface area contributed by atoms with Gasteiger partial charge in [0.05, 0.1) is 10.2 Å². The van der Waals surface area contributed by atoms with Crippen molar-refractivity contribution in [2.24, 2.45) is 0 Å². The summed E-state index contributed by atoms with van der Waals surface area (Å²) in [6, 6.07) is 34.4. The fourth-order valence-corrected chi connectivity index (χ4v) is 6.24. The quantitative estimate of drug-likeness (QED) is 0.185. The summed E-state index contributed by atoms with van der Waals surface area (Å²) < 4.78 is 9.91. The molecule has 3 aromatic heterocycles. The van der Waals surface area contributed by atoms with Gasteiger partial charge in [-0.05, 0) is 65.4 Å². The van der Waals surface area contributed by atoms with E-state index in [4.69, 9.17) is 14.8 Å². The van der Waals surface area contributed by atoms with Gasteiger partial charge in [-0.25, -0.2) is 4.68 Å². The third-order valence-corrected chi connectivity index (χ3v) is 8.89. The summed E-state index contributed by atoms with van der Waals surface area (Å²) >= 11 is 1.32. The summed E-state index contributed by atoms with van der Waals surface area (Å²) in [4.78, 5) is 18.8. The Balaban J connectivity index is 1.25. The van der Waals surface area contributed by atoms with Crippen LogP contribution in [0.1, 0.15) is 43.0 Å². The molecule has 228 valence electrons. The first kappa shape index (κ1) is 29.4. The number of rotatable bonds is 7. The Morgan fingerprint density at radius 1 is 0.848 bits per heavy atom. The van der Waals surface area contributed by atoms with Gasteiger partial charge >= 0.3 is 0 Å². The Morgan fingerprint density at radius 2 is 1.54 bits per heavy atom. The van der Waals surface area contributed by atoms with E-state index in [2.05, 4.69) is 56.2 Å². The van der Waals surface area contributed by atoms with Gasteiger partial charge in [0.15, 0.2) is 5.82 Å². The largest absolute Gasteiger partial charge is 0.489 e. The average Bonchev–Trinajstić information content (AvgIpc) is 3.76. The first-order valence-corrected chi connectivity index (χ1v) is 16.0. The number of ether oxygens (including phenoxy) is 1. The highest BCUT2D eigenvalue weighted by Gasteiger charge is 2.17. The fourth-order valence-electron chi connectivity index (χ4n) is 5.34. The van der Waals surface area contributed by atoms with Crippen molar-refractivity contribution in [1.82, 2.24) is 24.4 Å². The highest BCUT2D eigenvalue weighted by atomic mass is 32.1. The Hall–Kier alpha value is -5.34. The predicted octanol–water partition coefficient (Wildman–Crippen LogP) is 7.40. The Morgan fingerprint density at radius 3 is 2.22 bits per heavy atom. The third kappa shape index (κ3) is 5.87. The molecule has 7 nitrogen and oxygen atoms in total. The second-order valence-electron chi connectivity index (χ2n) is 12.3. The third-order valence-electron chi connectivity index (χ3n) is 7.93. The van der Waals surface area contributed by atoms with Gasteiger partial charge in [0.2, 0.25) is 4.96 Å². The lowest BCUT2D eigenvalue weighted by Gasteiger charge is -2.18. The normalized spacial score (nSPS) is 12.2. The van der Waals surface area contributed by atoms with Crippen LogP contribution in [0.15, 0.2) is 114 Å². The van der Waals surface area contributed by atoms with E-state index in [1.54, 1.807) is 0 Å². The van der Waals surface area contributed by atoms with Crippen molar-refractivity contribution in [3.05, 3.63) is 146 Å².